The van der Waals surface area contributed by atoms with Gasteiger partial charge >= 0.3 is 11.8 Å². The van der Waals surface area contributed by atoms with Gasteiger partial charge < -0.3 is 15.2 Å². The van der Waals surface area contributed by atoms with Gasteiger partial charge in [0.25, 0.3) is 0 Å². The van der Waals surface area contributed by atoms with Gasteiger partial charge in [0.1, 0.15) is 5.82 Å². The van der Waals surface area contributed by atoms with Crippen LogP contribution >= 0.6 is 0 Å². The standard InChI is InChI=1S/C21H18N4O2/c1-2-14-7-5-8-15(13-14)22-20(26)21(27)25-12-6-11-18(25)19-23-16-9-3-4-10-17(16)24-19/h1,3-5,7-10,13,18H,6,11-12H2,(H,22,26)(H,23,24)/t18-/m0/s1. The van der Waals surface area contributed by atoms with Gasteiger partial charge in [0, 0.05) is 17.8 Å². The molecule has 1 aromatic heterocycles. The zero-order chi connectivity index (χ0) is 18.8. The van der Waals surface area contributed by atoms with Crippen LogP contribution in [0.4, 0.5) is 5.69 Å². The van der Waals surface area contributed by atoms with Crippen molar-refractivity contribution in [1.82, 2.24) is 14.9 Å². The van der Waals surface area contributed by atoms with Crippen molar-refractivity contribution in [1.29, 1.82) is 0 Å². The normalized spacial score (nSPS) is 16.3. The highest BCUT2D eigenvalue weighted by Gasteiger charge is 2.35. The number of nitrogens with zero attached hydrogens (tertiary/aromatic N) is 2. The predicted octanol–water partition coefficient (Wildman–Crippen LogP) is 2.85. The summed E-state index contributed by atoms with van der Waals surface area (Å²) in [6.45, 7) is 0.526. The van der Waals surface area contributed by atoms with E-state index in [-0.39, 0.29) is 6.04 Å². The van der Waals surface area contributed by atoms with E-state index < -0.39 is 11.8 Å². The Kier molecular flexibility index (Phi) is 4.35. The molecule has 2 heterocycles. The van der Waals surface area contributed by atoms with Crippen LogP contribution in [0.1, 0.15) is 30.3 Å². The summed E-state index contributed by atoms with van der Waals surface area (Å²) in [6, 6.07) is 14.3. The lowest BCUT2D eigenvalue weighted by atomic mass is 10.2. The van der Waals surface area contributed by atoms with Gasteiger partial charge in [-0.15, -0.1) is 6.42 Å². The molecule has 0 unspecified atom stereocenters. The van der Waals surface area contributed by atoms with E-state index in [9.17, 15) is 9.59 Å². The molecule has 2 N–H and O–H groups in total. The number of H-pyrrole nitrogens is 1. The molecule has 0 saturated carbocycles. The van der Waals surface area contributed by atoms with Gasteiger partial charge in [0.15, 0.2) is 0 Å². The number of benzene rings is 2. The summed E-state index contributed by atoms with van der Waals surface area (Å²) in [5.41, 5.74) is 2.91. The Balaban J connectivity index is 1.53. The van der Waals surface area contributed by atoms with Gasteiger partial charge in [0.05, 0.1) is 17.1 Å². The molecule has 4 rings (SSSR count). The number of carbonyl (C=O) groups is 2. The second kappa shape index (κ2) is 6.96. The number of amides is 2. The van der Waals surface area contributed by atoms with Crippen LogP contribution in [0.2, 0.25) is 0 Å². The summed E-state index contributed by atoms with van der Waals surface area (Å²) in [5, 5.41) is 2.64. The molecule has 6 heteroatoms. The van der Waals surface area contributed by atoms with Crippen molar-refractivity contribution in [2.75, 3.05) is 11.9 Å². The highest BCUT2D eigenvalue weighted by atomic mass is 16.2. The zero-order valence-corrected chi connectivity index (χ0v) is 14.6. The molecule has 3 aromatic rings. The maximum absolute atomic E-state index is 12.7. The van der Waals surface area contributed by atoms with Gasteiger partial charge in [-0.1, -0.05) is 24.1 Å². The van der Waals surface area contributed by atoms with Crippen molar-refractivity contribution in [2.24, 2.45) is 0 Å². The number of fused-ring (bicyclic) bond motifs is 1. The van der Waals surface area contributed by atoms with E-state index >= 15 is 0 Å². The summed E-state index contributed by atoms with van der Waals surface area (Å²) in [4.78, 5) is 34.6. The molecule has 0 radical (unpaired) electrons. The maximum Gasteiger partial charge on any atom is 0.313 e. The average molecular weight is 358 g/mol. The van der Waals surface area contributed by atoms with Crippen LogP contribution in [0.5, 0.6) is 0 Å². The quantitative estimate of drug-likeness (QED) is 0.546. The van der Waals surface area contributed by atoms with E-state index in [4.69, 9.17) is 6.42 Å². The minimum atomic E-state index is -0.674. The SMILES string of the molecule is C#Cc1cccc(NC(=O)C(=O)N2CCC[C@H]2c2nc3ccccc3[nH]2)c1. The molecule has 0 aliphatic carbocycles. The Morgan fingerprint density at radius 1 is 1.22 bits per heavy atom. The molecule has 2 aromatic carbocycles. The highest BCUT2D eigenvalue weighted by Crippen LogP contribution is 2.31. The monoisotopic (exact) mass is 358 g/mol. The van der Waals surface area contributed by atoms with Crippen molar-refractivity contribution in [3.63, 3.8) is 0 Å². The lowest BCUT2D eigenvalue weighted by molar-refractivity contribution is -0.143. The fourth-order valence-corrected chi connectivity index (χ4v) is 3.43. The Hall–Kier alpha value is -3.59. The Morgan fingerprint density at radius 3 is 2.89 bits per heavy atom. The Bertz CT molecular complexity index is 1030. The van der Waals surface area contributed by atoms with Crippen LogP contribution in [-0.2, 0) is 9.59 Å². The van der Waals surface area contributed by atoms with E-state index in [1.165, 1.54) is 0 Å². The molecule has 0 bridgehead atoms. The van der Waals surface area contributed by atoms with Crippen LogP contribution in [0, 0.1) is 12.3 Å². The molecule has 6 nitrogen and oxygen atoms in total. The van der Waals surface area contributed by atoms with Crippen molar-refractivity contribution in [2.45, 2.75) is 18.9 Å². The van der Waals surface area contributed by atoms with E-state index in [1.807, 2.05) is 24.3 Å². The first-order valence-electron chi connectivity index (χ1n) is 8.79. The van der Waals surface area contributed by atoms with Gasteiger partial charge in [0.2, 0.25) is 0 Å². The van der Waals surface area contributed by atoms with Crippen molar-refractivity contribution >= 4 is 28.5 Å². The maximum atomic E-state index is 12.7. The number of likely N-dealkylation sites (tertiary alicyclic amines) is 1. The first kappa shape index (κ1) is 16.9. The van der Waals surface area contributed by atoms with Crippen LogP contribution in [0.25, 0.3) is 11.0 Å². The number of aromatic nitrogens is 2. The first-order valence-corrected chi connectivity index (χ1v) is 8.79. The van der Waals surface area contributed by atoms with Crippen LogP contribution in [0.15, 0.2) is 48.5 Å². The van der Waals surface area contributed by atoms with E-state index in [1.54, 1.807) is 29.2 Å². The Labute approximate surface area is 156 Å². The van der Waals surface area contributed by atoms with Crippen LogP contribution < -0.4 is 5.32 Å². The topological polar surface area (TPSA) is 78.1 Å². The number of imidazole rings is 1. The number of hydrogen-bond donors (Lipinski definition) is 2. The molecule has 1 saturated heterocycles. The van der Waals surface area contributed by atoms with E-state index in [0.29, 0.717) is 23.6 Å². The molecule has 2 amide bonds. The largest absolute Gasteiger partial charge is 0.340 e. The predicted molar refractivity (Wildman–Crippen MR) is 103 cm³/mol. The fourth-order valence-electron chi connectivity index (χ4n) is 3.43. The molecule has 134 valence electrons. The number of carbonyl (C=O) groups excluding carboxylic acids is 2. The molecular formula is C21H18N4O2. The van der Waals surface area contributed by atoms with Crippen molar-refractivity contribution < 1.29 is 9.59 Å². The number of nitrogens with one attached hydrogen (secondary N) is 2. The third-order valence-electron chi connectivity index (χ3n) is 4.72. The lowest BCUT2D eigenvalue weighted by Gasteiger charge is -2.22. The summed E-state index contributed by atoms with van der Waals surface area (Å²) in [6.07, 6.45) is 6.97. The smallest absolute Gasteiger partial charge is 0.313 e. The van der Waals surface area contributed by atoms with Gasteiger partial charge in [-0.25, -0.2) is 4.98 Å². The van der Waals surface area contributed by atoms with Crippen LogP contribution in [0.3, 0.4) is 0 Å². The number of hydrogen-bond acceptors (Lipinski definition) is 3. The molecule has 0 spiro atoms. The summed E-state index contributed by atoms with van der Waals surface area (Å²) in [7, 11) is 0. The second-order valence-electron chi connectivity index (χ2n) is 6.48. The average Bonchev–Trinajstić information content (AvgIpc) is 3.34. The second-order valence-corrected chi connectivity index (χ2v) is 6.48. The van der Waals surface area contributed by atoms with E-state index in [2.05, 4.69) is 21.2 Å². The first-order chi connectivity index (χ1) is 13.2. The molecule has 1 aliphatic heterocycles. The number of anilines is 1. The van der Waals surface area contributed by atoms with E-state index in [0.717, 1.165) is 23.9 Å². The minimum Gasteiger partial charge on any atom is -0.340 e. The van der Waals surface area contributed by atoms with Crippen LogP contribution in [-0.4, -0.2) is 33.2 Å². The third kappa shape index (κ3) is 3.27. The zero-order valence-electron chi connectivity index (χ0n) is 14.6. The molecular weight excluding hydrogens is 340 g/mol. The number of rotatable bonds is 2. The summed E-state index contributed by atoms with van der Waals surface area (Å²) >= 11 is 0. The summed E-state index contributed by atoms with van der Waals surface area (Å²) < 4.78 is 0. The minimum absolute atomic E-state index is 0.229. The molecule has 1 aliphatic rings. The number of terminal acetylenes is 1. The Morgan fingerprint density at radius 2 is 2.07 bits per heavy atom. The third-order valence-corrected chi connectivity index (χ3v) is 4.72. The number of para-hydroxylation sites is 2. The molecule has 1 atom stereocenters. The van der Waals surface area contributed by atoms with Crippen molar-refractivity contribution in [3.05, 3.63) is 59.9 Å². The highest BCUT2D eigenvalue weighted by molar-refractivity contribution is 6.39. The van der Waals surface area contributed by atoms with Gasteiger partial charge in [-0.2, -0.15) is 0 Å². The number of aromatic amines is 1. The van der Waals surface area contributed by atoms with Crippen molar-refractivity contribution in [3.8, 4) is 12.3 Å². The molecule has 27 heavy (non-hydrogen) atoms. The lowest BCUT2D eigenvalue weighted by Crippen LogP contribution is -2.39. The van der Waals surface area contributed by atoms with Gasteiger partial charge in [-0.3, -0.25) is 9.59 Å². The fraction of sp³-hybridized carbons (Fsp3) is 0.190. The summed E-state index contributed by atoms with van der Waals surface area (Å²) in [5.74, 6) is 1.98. The van der Waals surface area contributed by atoms with Gasteiger partial charge in [-0.05, 0) is 43.2 Å². The molecule has 1 fully saturated rings.